The summed E-state index contributed by atoms with van der Waals surface area (Å²) in [6.45, 7) is 3.19. The second-order valence-electron chi connectivity index (χ2n) is 6.05. The summed E-state index contributed by atoms with van der Waals surface area (Å²) in [7, 11) is 0. The number of hydrogen-bond donors (Lipinski definition) is 0. The van der Waals surface area contributed by atoms with E-state index in [1.165, 1.54) is 12.1 Å². The molecule has 3 rings (SSSR count). The molecule has 1 atom stereocenters. The van der Waals surface area contributed by atoms with Gasteiger partial charge in [-0.1, -0.05) is 36.4 Å². The molecule has 124 valence electrons. The van der Waals surface area contributed by atoms with Crippen LogP contribution in [0.5, 0.6) is 0 Å². The summed E-state index contributed by atoms with van der Waals surface area (Å²) in [6, 6.07) is 17.0. The molecule has 0 aliphatic carbocycles. The first-order valence-corrected chi connectivity index (χ1v) is 8.32. The van der Waals surface area contributed by atoms with Crippen molar-refractivity contribution in [3.8, 4) is 17.2 Å². The summed E-state index contributed by atoms with van der Waals surface area (Å²) >= 11 is 0. The Morgan fingerprint density at radius 1 is 1.00 bits per heavy atom. The molecule has 3 nitrogen and oxygen atoms in total. The predicted molar refractivity (Wildman–Crippen MR) is 92.0 cm³/mol. The van der Waals surface area contributed by atoms with Crippen molar-refractivity contribution in [1.82, 2.24) is 4.90 Å². The fraction of sp³-hybridized carbons (Fsp3) is 0.350. The van der Waals surface area contributed by atoms with Gasteiger partial charge in [-0.25, -0.2) is 4.39 Å². The van der Waals surface area contributed by atoms with Gasteiger partial charge in [0, 0.05) is 26.1 Å². The number of ether oxygens (including phenoxy) is 1. The van der Waals surface area contributed by atoms with Gasteiger partial charge in [0.2, 0.25) is 0 Å². The standard InChI is InChI=1S/C20H21FN2O/c21-19-8-6-18(7-9-19)17-4-2-16(3-5-17)14-20(15-22)23-10-1-12-24-13-11-23/h2-9,20H,1,10-14H2/t20-/m0/s1. The maximum atomic E-state index is 13.0. The van der Waals surface area contributed by atoms with Crippen LogP contribution in [0.3, 0.4) is 0 Å². The topological polar surface area (TPSA) is 36.3 Å². The van der Waals surface area contributed by atoms with Gasteiger partial charge < -0.3 is 4.74 Å². The van der Waals surface area contributed by atoms with Crippen LogP contribution in [-0.2, 0) is 11.2 Å². The van der Waals surface area contributed by atoms with Gasteiger partial charge in [0.25, 0.3) is 0 Å². The number of nitrogens with zero attached hydrogens (tertiary/aromatic N) is 2. The average molecular weight is 324 g/mol. The lowest BCUT2D eigenvalue weighted by molar-refractivity contribution is 0.137. The van der Waals surface area contributed by atoms with E-state index in [0.717, 1.165) is 42.8 Å². The zero-order chi connectivity index (χ0) is 16.8. The van der Waals surface area contributed by atoms with Gasteiger partial charge in [-0.3, -0.25) is 4.90 Å². The van der Waals surface area contributed by atoms with E-state index in [-0.39, 0.29) is 11.9 Å². The lowest BCUT2D eigenvalue weighted by Crippen LogP contribution is -2.37. The zero-order valence-corrected chi connectivity index (χ0v) is 13.6. The van der Waals surface area contributed by atoms with E-state index in [1.807, 2.05) is 12.1 Å². The highest BCUT2D eigenvalue weighted by atomic mass is 19.1. The Hall–Kier alpha value is -2.22. The van der Waals surface area contributed by atoms with Crippen LogP contribution in [0.4, 0.5) is 4.39 Å². The fourth-order valence-corrected chi connectivity index (χ4v) is 3.03. The highest BCUT2D eigenvalue weighted by Crippen LogP contribution is 2.21. The summed E-state index contributed by atoms with van der Waals surface area (Å²) in [5.74, 6) is -0.228. The van der Waals surface area contributed by atoms with Gasteiger partial charge >= 0.3 is 0 Å². The molecule has 0 radical (unpaired) electrons. The molecule has 1 aliphatic heterocycles. The van der Waals surface area contributed by atoms with Crippen LogP contribution >= 0.6 is 0 Å². The van der Waals surface area contributed by atoms with Crippen molar-refractivity contribution in [2.24, 2.45) is 0 Å². The molecular weight excluding hydrogens is 303 g/mol. The molecule has 0 N–H and O–H groups in total. The lowest BCUT2D eigenvalue weighted by Gasteiger charge is -2.24. The Morgan fingerprint density at radius 2 is 1.67 bits per heavy atom. The van der Waals surface area contributed by atoms with Crippen molar-refractivity contribution in [2.45, 2.75) is 18.9 Å². The number of halogens is 1. The molecule has 0 saturated carbocycles. The molecule has 1 fully saturated rings. The molecule has 0 aromatic heterocycles. The molecule has 24 heavy (non-hydrogen) atoms. The van der Waals surface area contributed by atoms with Crippen molar-refractivity contribution in [3.05, 3.63) is 59.9 Å². The van der Waals surface area contributed by atoms with E-state index in [0.29, 0.717) is 13.0 Å². The van der Waals surface area contributed by atoms with Crippen LogP contribution < -0.4 is 0 Å². The largest absolute Gasteiger partial charge is 0.380 e. The Bertz CT molecular complexity index is 683. The van der Waals surface area contributed by atoms with Crippen LogP contribution in [0.1, 0.15) is 12.0 Å². The number of benzene rings is 2. The normalized spacial score (nSPS) is 17.0. The van der Waals surface area contributed by atoms with Gasteiger partial charge in [0.15, 0.2) is 0 Å². The molecule has 0 unspecified atom stereocenters. The Kier molecular flexibility index (Phi) is 5.58. The molecule has 4 heteroatoms. The van der Waals surface area contributed by atoms with Crippen LogP contribution in [-0.4, -0.2) is 37.2 Å². The molecule has 1 heterocycles. The van der Waals surface area contributed by atoms with E-state index < -0.39 is 0 Å². The molecular formula is C20H21FN2O. The molecule has 1 saturated heterocycles. The van der Waals surface area contributed by atoms with Gasteiger partial charge in [0.05, 0.1) is 12.7 Å². The predicted octanol–water partition coefficient (Wildman–Crippen LogP) is 3.65. The summed E-state index contributed by atoms with van der Waals surface area (Å²) in [5, 5.41) is 9.52. The SMILES string of the molecule is N#C[C@H](Cc1ccc(-c2ccc(F)cc2)cc1)N1CCCOCC1. The lowest BCUT2D eigenvalue weighted by atomic mass is 10.0. The molecule has 2 aromatic carbocycles. The van der Waals surface area contributed by atoms with Crippen LogP contribution in [0.15, 0.2) is 48.5 Å². The first-order chi connectivity index (χ1) is 11.8. The molecule has 0 spiro atoms. The Labute approximate surface area is 142 Å². The Morgan fingerprint density at radius 3 is 2.33 bits per heavy atom. The van der Waals surface area contributed by atoms with Gasteiger partial charge in [0.1, 0.15) is 11.9 Å². The van der Waals surface area contributed by atoms with Gasteiger partial charge in [-0.05, 0) is 35.2 Å². The summed E-state index contributed by atoms with van der Waals surface area (Å²) in [4.78, 5) is 2.21. The van der Waals surface area contributed by atoms with E-state index in [4.69, 9.17) is 4.74 Å². The maximum absolute atomic E-state index is 13.0. The molecule has 0 amide bonds. The molecule has 0 bridgehead atoms. The van der Waals surface area contributed by atoms with Crippen molar-refractivity contribution < 1.29 is 9.13 Å². The van der Waals surface area contributed by atoms with E-state index >= 15 is 0 Å². The minimum Gasteiger partial charge on any atom is -0.380 e. The van der Waals surface area contributed by atoms with E-state index in [9.17, 15) is 9.65 Å². The highest BCUT2D eigenvalue weighted by molar-refractivity contribution is 5.63. The highest BCUT2D eigenvalue weighted by Gasteiger charge is 2.19. The molecule has 2 aromatic rings. The first-order valence-electron chi connectivity index (χ1n) is 8.32. The maximum Gasteiger partial charge on any atom is 0.123 e. The third-order valence-corrected chi connectivity index (χ3v) is 4.41. The van der Waals surface area contributed by atoms with Crippen LogP contribution in [0, 0.1) is 17.1 Å². The second-order valence-corrected chi connectivity index (χ2v) is 6.05. The number of rotatable bonds is 4. The third kappa shape index (κ3) is 4.19. The summed E-state index contributed by atoms with van der Waals surface area (Å²) in [5.41, 5.74) is 3.18. The van der Waals surface area contributed by atoms with Crippen molar-refractivity contribution >= 4 is 0 Å². The molecule has 1 aliphatic rings. The quantitative estimate of drug-likeness (QED) is 0.861. The minimum atomic E-state index is -0.228. The number of nitriles is 1. The number of hydrogen-bond acceptors (Lipinski definition) is 3. The second kappa shape index (κ2) is 8.05. The fourth-order valence-electron chi connectivity index (χ4n) is 3.03. The zero-order valence-electron chi connectivity index (χ0n) is 13.6. The summed E-state index contributed by atoms with van der Waals surface area (Å²) < 4.78 is 18.5. The summed E-state index contributed by atoms with van der Waals surface area (Å²) in [6.07, 6.45) is 1.68. The Balaban J connectivity index is 1.68. The minimum absolute atomic E-state index is 0.122. The van der Waals surface area contributed by atoms with Gasteiger partial charge in [-0.2, -0.15) is 5.26 Å². The van der Waals surface area contributed by atoms with Crippen molar-refractivity contribution in [2.75, 3.05) is 26.3 Å². The van der Waals surface area contributed by atoms with E-state index in [2.05, 4.69) is 23.1 Å². The van der Waals surface area contributed by atoms with Gasteiger partial charge in [-0.15, -0.1) is 0 Å². The smallest absolute Gasteiger partial charge is 0.123 e. The van der Waals surface area contributed by atoms with Crippen molar-refractivity contribution in [3.63, 3.8) is 0 Å². The monoisotopic (exact) mass is 324 g/mol. The third-order valence-electron chi connectivity index (χ3n) is 4.41. The van der Waals surface area contributed by atoms with Crippen LogP contribution in [0.25, 0.3) is 11.1 Å². The first kappa shape index (κ1) is 16.6. The average Bonchev–Trinajstić information content (AvgIpc) is 2.90. The van der Waals surface area contributed by atoms with Crippen LogP contribution in [0.2, 0.25) is 0 Å². The van der Waals surface area contributed by atoms with E-state index in [1.54, 1.807) is 12.1 Å². The van der Waals surface area contributed by atoms with Crippen molar-refractivity contribution in [1.29, 1.82) is 5.26 Å².